The van der Waals surface area contributed by atoms with Gasteiger partial charge in [0.05, 0.1) is 4.90 Å². The quantitative estimate of drug-likeness (QED) is 0.523. The third-order valence-corrected chi connectivity index (χ3v) is 6.85. The lowest BCUT2D eigenvalue weighted by Gasteiger charge is -2.11. The molecule has 0 aliphatic carbocycles. The molecule has 6 nitrogen and oxygen atoms in total. The number of rotatable bonds is 5. The van der Waals surface area contributed by atoms with Crippen LogP contribution in [0.5, 0.6) is 0 Å². The maximum atomic E-state index is 13.9. The highest BCUT2D eigenvalue weighted by atomic mass is 32.2. The number of aromatic nitrogens is 3. The van der Waals surface area contributed by atoms with Crippen LogP contribution in [0, 0.1) is 5.82 Å². The molecule has 1 N–H and O–H groups in total. The first-order chi connectivity index (χ1) is 13.0. The van der Waals surface area contributed by atoms with Gasteiger partial charge in [0.15, 0.2) is 4.34 Å². The van der Waals surface area contributed by atoms with E-state index in [0.29, 0.717) is 5.69 Å². The molecule has 0 aliphatic rings. The SMILES string of the molecule is O=S(=O)(Nc1ccc(Sc2nncs2)cc1)c1ccc(F)c2ncccc12. The van der Waals surface area contributed by atoms with Gasteiger partial charge in [-0.3, -0.25) is 9.71 Å². The summed E-state index contributed by atoms with van der Waals surface area (Å²) in [6, 6.07) is 12.3. The smallest absolute Gasteiger partial charge is 0.262 e. The number of hydrogen-bond donors (Lipinski definition) is 1. The number of sulfonamides is 1. The van der Waals surface area contributed by atoms with Gasteiger partial charge in [0.1, 0.15) is 16.8 Å². The van der Waals surface area contributed by atoms with Gasteiger partial charge in [-0.2, -0.15) is 0 Å². The van der Waals surface area contributed by atoms with Crippen molar-refractivity contribution in [3.63, 3.8) is 0 Å². The summed E-state index contributed by atoms with van der Waals surface area (Å²) in [4.78, 5) is 4.81. The van der Waals surface area contributed by atoms with E-state index in [-0.39, 0.29) is 15.8 Å². The van der Waals surface area contributed by atoms with Crippen molar-refractivity contribution >= 4 is 49.7 Å². The first kappa shape index (κ1) is 17.8. The maximum Gasteiger partial charge on any atom is 0.262 e. The highest BCUT2D eigenvalue weighted by Gasteiger charge is 2.19. The van der Waals surface area contributed by atoms with Gasteiger partial charge in [0, 0.05) is 22.2 Å². The largest absolute Gasteiger partial charge is 0.280 e. The molecule has 27 heavy (non-hydrogen) atoms. The van der Waals surface area contributed by atoms with E-state index < -0.39 is 15.8 Å². The first-order valence-corrected chi connectivity index (χ1v) is 10.8. The lowest BCUT2D eigenvalue weighted by atomic mass is 10.2. The van der Waals surface area contributed by atoms with Crippen LogP contribution >= 0.6 is 23.1 Å². The van der Waals surface area contributed by atoms with Gasteiger partial charge >= 0.3 is 0 Å². The average Bonchev–Trinajstić information content (AvgIpc) is 3.16. The molecule has 2 heterocycles. The van der Waals surface area contributed by atoms with Crippen molar-refractivity contribution in [1.82, 2.24) is 15.2 Å². The lowest BCUT2D eigenvalue weighted by molar-refractivity contribution is 0.601. The molecular formula is C17H11FN4O2S3. The zero-order valence-electron chi connectivity index (χ0n) is 13.5. The fourth-order valence-corrected chi connectivity index (χ4v) is 5.16. The second kappa shape index (κ2) is 7.22. The molecule has 2 aromatic heterocycles. The van der Waals surface area contributed by atoms with Gasteiger partial charge in [0.2, 0.25) is 0 Å². The summed E-state index contributed by atoms with van der Waals surface area (Å²) < 4.78 is 42.8. The average molecular weight is 419 g/mol. The Bertz CT molecular complexity index is 1200. The number of hydrogen-bond acceptors (Lipinski definition) is 7. The van der Waals surface area contributed by atoms with Crippen LogP contribution in [0.4, 0.5) is 10.1 Å². The standard InChI is InChI=1S/C17H11FN4O2S3/c18-14-7-8-15(13-2-1-9-19-16(13)14)27(23,24)22-11-3-5-12(6-4-11)26-17-21-20-10-25-17/h1-10,22H. The molecule has 136 valence electrons. The van der Waals surface area contributed by atoms with Gasteiger partial charge in [0.25, 0.3) is 10.0 Å². The van der Waals surface area contributed by atoms with Crippen LogP contribution in [-0.2, 0) is 10.0 Å². The molecular weight excluding hydrogens is 407 g/mol. The van der Waals surface area contributed by atoms with E-state index in [4.69, 9.17) is 0 Å². The van der Waals surface area contributed by atoms with Crippen LogP contribution in [0.2, 0.25) is 0 Å². The Balaban J connectivity index is 1.61. The molecule has 4 rings (SSSR count). The minimum atomic E-state index is -3.90. The van der Waals surface area contributed by atoms with Crippen LogP contribution < -0.4 is 4.72 Å². The van der Waals surface area contributed by atoms with Gasteiger partial charge in [-0.25, -0.2) is 12.8 Å². The summed E-state index contributed by atoms with van der Waals surface area (Å²) in [6.45, 7) is 0. The summed E-state index contributed by atoms with van der Waals surface area (Å²) in [7, 11) is -3.90. The first-order valence-electron chi connectivity index (χ1n) is 7.63. The van der Waals surface area contributed by atoms with Crippen molar-refractivity contribution in [3.05, 3.63) is 66.1 Å². The number of anilines is 1. The molecule has 0 radical (unpaired) electrons. The normalized spacial score (nSPS) is 11.6. The summed E-state index contributed by atoms with van der Waals surface area (Å²) in [5, 5.41) is 7.96. The van der Waals surface area contributed by atoms with E-state index in [2.05, 4.69) is 19.9 Å². The molecule has 2 aromatic carbocycles. The highest BCUT2D eigenvalue weighted by Crippen LogP contribution is 2.30. The molecule has 0 saturated carbocycles. The van der Waals surface area contributed by atoms with E-state index >= 15 is 0 Å². The van der Waals surface area contributed by atoms with E-state index in [1.54, 1.807) is 35.8 Å². The number of nitrogens with zero attached hydrogens (tertiary/aromatic N) is 3. The van der Waals surface area contributed by atoms with Gasteiger partial charge in [-0.1, -0.05) is 23.1 Å². The Morgan fingerprint density at radius 2 is 1.89 bits per heavy atom. The number of fused-ring (bicyclic) bond motifs is 1. The molecule has 0 saturated heterocycles. The molecule has 4 aromatic rings. The van der Waals surface area contributed by atoms with Crippen molar-refractivity contribution in [2.45, 2.75) is 14.1 Å². The zero-order chi connectivity index (χ0) is 18.9. The fourth-order valence-electron chi connectivity index (χ4n) is 2.46. The van der Waals surface area contributed by atoms with E-state index in [9.17, 15) is 12.8 Å². The number of pyridine rings is 1. The predicted molar refractivity (Wildman–Crippen MR) is 103 cm³/mol. The second-order valence-corrected chi connectivity index (χ2v) is 9.19. The molecule has 0 atom stereocenters. The molecule has 0 unspecified atom stereocenters. The highest BCUT2D eigenvalue weighted by molar-refractivity contribution is 8.01. The zero-order valence-corrected chi connectivity index (χ0v) is 16.0. The van der Waals surface area contributed by atoms with Crippen molar-refractivity contribution in [2.24, 2.45) is 0 Å². The Kier molecular flexibility index (Phi) is 4.77. The Hall–Kier alpha value is -2.56. The van der Waals surface area contributed by atoms with Crippen LogP contribution in [0.3, 0.4) is 0 Å². The minimum Gasteiger partial charge on any atom is -0.280 e. The third kappa shape index (κ3) is 3.77. The molecule has 10 heteroatoms. The minimum absolute atomic E-state index is 0.0178. The van der Waals surface area contributed by atoms with Gasteiger partial charge in [-0.05, 0) is 48.5 Å². The Morgan fingerprint density at radius 1 is 1.07 bits per heavy atom. The fraction of sp³-hybridized carbons (Fsp3) is 0. The molecule has 0 spiro atoms. The van der Waals surface area contributed by atoms with Crippen LogP contribution in [0.1, 0.15) is 0 Å². The molecule has 0 amide bonds. The summed E-state index contributed by atoms with van der Waals surface area (Å²) in [5.41, 5.74) is 2.06. The summed E-state index contributed by atoms with van der Waals surface area (Å²) in [5.74, 6) is -0.567. The Morgan fingerprint density at radius 3 is 2.63 bits per heavy atom. The van der Waals surface area contributed by atoms with E-state index in [0.717, 1.165) is 15.3 Å². The summed E-state index contributed by atoms with van der Waals surface area (Å²) >= 11 is 2.86. The lowest BCUT2D eigenvalue weighted by Crippen LogP contribution is -2.13. The van der Waals surface area contributed by atoms with Gasteiger partial charge < -0.3 is 0 Å². The second-order valence-electron chi connectivity index (χ2n) is 5.38. The maximum absolute atomic E-state index is 13.9. The number of nitrogens with one attached hydrogen (secondary N) is 1. The van der Waals surface area contributed by atoms with E-state index in [1.165, 1.54) is 41.4 Å². The van der Waals surface area contributed by atoms with Crippen LogP contribution in [0.25, 0.3) is 10.9 Å². The predicted octanol–water partition coefficient (Wildman–Crippen LogP) is 4.18. The van der Waals surface area contributed by atoms with Crippen LogP contribution in [-0.4, -0.2) is 23.6 Å². The van der Waals surface area contributed by atoms with E-state index in [1.807, 2.05) is 0 Å². The number of benzene rings is 2. The summed E-state index contributed by atoms with van der Waals surface area (Å²) in [6.07, 6.45) is 1.42. The van der Waals surface area contributed by atoms with Crippen molar-refractivity contribution < 1.29 is 12.8 Å². The Labute approximate surface area is 162 Å². The molecule has 0 fully saturated rings. The molecule has 0 bridgehead atoms. The number of halogens is 1. The monoisotopic (exact) mass is 418 g/mol. The molecule has 0 aliphatic heterocycles. The van der Waals surface area contributed by atoms with Crippen molar-refractivity contribution in [1.29, 1.82) is 0 Å². The van der Waals surface area contributed by atoms with Crippen LogP contribution in [0.15, 0.2) is 74.4 Å². The third-order valence-electron chi connectivity index (χ3n) is 3.62. The topological polar surface area (TPSA) is 84.8 Å². The van der Waals surface area contributed by atoms with Gasteiger partial charge in [-0.15, -0.1) is 10.2 Å². The van der Waals surface area contributed by atoms with Crippen molar-refractivity contribution in [2.75, 3.05) is 4.72 Å². The van der Waals surface area contributed by atoms with Crippen molar-refractivity contribution in [3.8, 4) is 0 Å².